The van der Waals surface area contributed by atoms with Gasteiger partial charge in [-0.25, -0.2) is 8.42 Å². The Morgan fingerprint density at radius 2 is 1.53 bits per heavy atom. The number of hydrogen-bond acceptors (Lipinski definition) is 4. The van der Waals surface area contributed by atoms with Gasteiger partial charge in [-0.15, -0.1) is 0 Å². The van der Waals surface area contributed by atoms with Crippen LogP contribution in [0, 0.1) is 13.8 Å². The van der Waals surface area contributed by atoms with Gasteiger partial charge in [-0.05, 0) is 93.3 Å². The smallest absolute Gasteiger partial charge is 0.264 e. The Morgan fingerprint density at radius 3 is 2.14 bits per heavy atom. The maximum Gasteiger partial charge on any atom is 0.264 e. The monoisotopic (exact) mass is 663 g/mol. The number of benzene rings is 3. The fourth-order valence-electron chi connectivity index (χ4n) is 5.15. The number of nitrogens with one attached hydrogen (secondary N) is 1. The van der Waals surface area contributed by atoms with Crippen LogP contribution >= 0.6 is 34.8 Å². The zero-order chi connectivity index (χ0) is 31.3. The predicted octanol–water partition coefficient (Wildman–Crippen LogP) is 7.33. The largest absolute Gasteiger partial charge is 0.352 e. The molecule has 0 unspecified atom stereocenters. The van der Waals surface area contributed by atoms with Crippen LogP contribution in [0.25, 0.3) is 0 Å². The number of carbonyl (C=O) groups excluding carboxylic acids is 2. The maximum absolute atomic E-state index is 14.2. The molecular weight excluding hydrogens is 629 g/mol. The summed E-state index contributed by atoms with van der Waals surface area (Å²) >= 11 is 19.0. The molecule has 1 aliphatic rings. The first-order valence-corrected chi connectivity index (χ1v) is 16.8. The van der Waals surface area contributed by atoms with Crippen LogP contribution in [0.4, 0.5) is 5.69 Å². The van der Waals surface area contributed by atoms with Crippen molar-refractivity contribution in [3.8, 4) is 0 Å². The number of halogens is 3. The van der Waals surface area contributed by atoms with E-state index in [-0.39, 0.29) is 23.4 Å². The van der Waals surface area contributed by atoms with E-state index in [2.05, 4.69) is 5.32 Å². The average molecular weight is 665 g/mol. The van der Waals surface area contributed by atoms with Crippen molar-refractivity contribution in [2.24, 2.45) is 0 Å². The van der Waals surface area contributed by atoms with E-state index >= 15 is 0 Å². The van der Waals surface area contributed by atoms with Gasteiger partial charge in [-0.3, -0.25) is 13.9 Å². The molecule has 1 atom stereocenters. The Balaban J connectivity index is 1.73. The fourth-order valence-corrected chi connectivity index (χ4v) is 7.20. The van der Waals surface area contributed by atoms with Crippen molar-refractivity contribution in [2.75, 3.05) is 10.8 Å². The molecule has 0 radical (unpaired) electrons. The van der Waals surface area contributed by atoms with Gasteiger partial charge in [0.1, 0.15) is 12.6 Å². The van der Waals surface area contributed by atoms with Crippen LogP contribution in [0.15, 0.2) is 65.6 Å². The van der Waals surface area contributed by atoms with Gasteiger partial charge in [0.2, 0.25) is 11.8 Å². The van der Waals surface area contributed by atoms with Crippen LogP contribution in [0.3, 0.4) is 0 Å². The van der Waals surface area contributed by atoms with Gasteiger partial charge in [0.15, 0.2) is 0 Å². The third-order valence-corrected chi connectivity index (χ3v) is 10.7. The van der Waals surface area contributed by atoms with E-state index in [4.69, 9.17) is 34.8 Å². The molecule has 43 heavy (non-hydrogen) atoms. The summed E-state index contributed by atoms with van der Waals surface area (Å²) in [7, 11) is -4.21. The zero-order valence-corrected chi connectivity index (χ0v) is 27.5. The normalized spacial score (nSPS) is 14.7. The highest BCUT2D eigenvalue weighted by atomic mass is 35.5. The van der Waals surface area contributed by atoms with Crippen molar-refractivity contribution in [2.45, 2.75) is 76.4 Å². The van der Waals surface area contributed by atoms with Crippen LogP contribution < -0.4 is 9.62 Å². The van der Waals surface area contributed by atoms with Crippen molar-refractivity contribution in [3.63, 3.8) is 0 Å². The SMILES string of the molecule is Cc1ccc(N(CC(=O)N(Cc2c(Cl)cccc2Cl)[C@@H](C)C(=O)NC2CCCCC2)S(=O)(=O)c2ccc(Cl)cc2)cc1C. The first kappa shape index (κ1) is 33.1. The maximum atomic E-state index is 14.2. The van der Waals surface area contributed by atoms with Gasteiger partial charge in [0.05, 0.1) is 10.6 Å². The van der Waals surface area contributed by atoms with E-state index in [1.165, 1.54) is 29.2 Å². The number of amides is 2. The van der Waals surface area contributed by atoms with Gasteiger partial charge in [0, 0.05) is 33.2 Å². The van der Waals surface area contributed by atoms with Crippen LogP contribution in [0.1, 0.15) is 55.7 Å². The summed E-state index contributed by atoms with van der Waals surface area (Å²) in [6.07, 6.45) is 4.95. The minimum Gasteiger partial charge on any atom is -0.352 e. The standard InChI is InChI=1S/C32H36Cl3N3O4S/c1-21-12-15-26(18-22(21)2)38(43(41,42)27-16-13-24(33)14-17-27)20-31(39)37(19-28-29(34)10-7-11-30(28)35)23(3)32(40)36-25-8-5-4-6-9-25/h7,10-18,23,25H,4-6,8-9,19-20H2,1-3H3,(H,36,40)/t23-/m0/s1. The molecular formula is C32H36Cl3N3O4S. The molecule has 3 aromatic carbocycles. The number of rotatable bonds is 10. The van der Waals surface area contributed by atoms with E-state index in [0.717, 1.165) is 47.5 Å². The molecule has 1 fully saturated rings. The van der Waals surface area contributed by atoms with E-state index in [1.54, 1.807) is 43.3 Å². The minimum atomic E-state index is -4.21. The number of carbonyl (C=O) groups is 2. The van der Waals surface area contributed by atoms with E-state index < -0.39 is 28.5 Å². The fraction of sp³-hybridized carbons (Fsp3) is 0.375. The molecule has 0 spiro atoms. The Kier molecular flexibility index (Phi) is 11.0. The number of aryl methyl sites for hydroxylation is 2. The molecule has 0 aliphatic heterocycles. The Morgan fingerprint density at radius 1 is 0.907 bits per heavy atom. The summed E-state index contributed by atoms with van der Waals surface area (Å²) in [5.41, 5.74) is 2.62. The third-order valence-electron chi connectivity index (χ3n) is 7.97. The lowest BCUT2D eigenvalue weighted by molar-refractivity contribution is -0.139. The van der Waals surface area contributed by atoms with Crippen molar-refractivity contribution in [1.29, 1.82) is 0 Å². The molecule has 1 saturated carbocycles. The summed E-state index contributed by atoms with van der Waals surface area (Å²) < 4.78 is 29.1. The number of nitrogens with zero attached hydrogens (tertiary/aromatic N) is 2. The number of anilines is 1. The molecule has 4 rings (SSSR count). The molecule has 3 aromatic rings. The molecule has 230 valence electrons. The molecule has 0 saturated heterocycles. The van der Waals surface area contributed by atoms with Crippen molar-refractivity contribution in [3.05, 3.63) is 92.4 Å². The summed E-state index contributed by atoms with van der Waals surface area (Å²) in [4.78, 5) is 29.0. The van der Waals surface area contributed by atoms with E-state index in [9.17, 15) is 18.0 Å². The minimum absolute atomic E-state index is 0.0216. The zero-order valence-electron chi connectivity index (χ0n) is 24.4. The average Bonchev–Trinajstić information content (AvgIpc) is 2.97. The molecule has 1 aliphatic carbocycles. The lowest BCUT2D eigenvalue weighted by Crippen LogP contribution is -2.53. The molecule has 0 aromatic heterocycles. The Hall–Kier alpha value is -2.78. The Labute approximate surface area is 269 Å². The second kappa shape index (κ2) is 14.3. The van der Waals surface area contributed by atoms with Crippen LogP contribution in [0.2, 0.25) is 15.1 Å². The van der Waals surface area contributed by atoms with Gasteiger partial charge in [-0.1, -0.05) is 66.2 Å². The predicted molar refractivity (Wildman–Crippen MR) is 173 cm³/mol. The highest BCUT2D eigenvalue weighted by Crippen LogP contribution is 2.30. The molecule has 0 bridgehead atoms. The summed E-state index contributed by atoms with van der Waals surface area (Å²) in [5.74, 6) is -0.903. The molecule has 1 N–H and O–H groups in total. The van der Waals surface area contributed by atoms with Gasteiger partial charge in [-0.2, -0.15) is 0 Å². The first-order valence-electron chi connectivity index (χ1n) is 14.3. The van der Waals surface area contributed by atoms with Crippen molar-refractivity contribution in [1.82, 2.24) is 10.2 Å². The highest BCUT2D eigenvalue weighted by molar-refractivity contribution is 7.92. The topological polar surface area (TPSA) is 86.8 Å². The van der Waals surface area contributed by atoms with Crippen molar-refractivity contribution >= 4 is 62.3 Å². The number of hydrogen-bond donors (Lipinski definition) is 1. The molecule has 7 nitrogen and oxygen atoms in total. The summed E-state index contributed by atoms with van der Waals surface area (Å²) in [6, 6.07) is 15.1. The lowest BCUT2D eigenvalue weighted by atomic mass is 9.95. The lowest BCUT2D eigenvalue weighted by Gasteiger charge is -2.33. The molecule has 0 heterocycles. The second-order valence-corrected chi connectivity index (χ2v) is 14.1. The number of sulfonamides is 1. The molecule has 11 heteroatoms. The van der Waals surface area contributed by atoms with Gasteiger partial charge >= 0.3 is 0 Å². The highest BCUT2D eigenvalue weighted by Gasteiger charge is 2.34. The second-order valence-electron chi connectivity index (χ2n) is 11.0. The summed E-state index contributed by atoms with van der Waals surface area (Å²) in [5, 5.41) is 4.14. The van der Waals surface area contributed by atoms with Gasteiger partial charge < -0.3 is 10.2 Å². The first-order chi connectivity index (χ1) is 20.4. The van der Waals surface area contributed by atoms with Crippen molar-refractivity contribution < 1.29 is 18.0 Å². The Bertz CT molecular complexity index is 1550. The van der Waals surface area contributed by atoms with E-state index in [1.807, 2.05) is 13.8 Å². The van der Waals surface area contributed by atoms with Crippen LogP contribution in [-0.2, 0) is 26.2 Å². The van der Waals surface area contributed by atoms with Crippen LogP contribution in [0.5, 0.6) is 0 Å². The molecule has 2 amide bonds. The third kappa shape index (κ3) is 8.04. The van der Waals surface area contributed by atoms with Gasteiger partial charge in [0.25, 0.3) is 10.0 Å². The van der Waals surface area contributed by atoms with E-state index in [0.29, 0.717) is 26.3 Å². The quantitative estimate of drug-likeness (QED) is 0.246. The van der Waals surface area contributed by atoms with Crippen LogP contribution in [-0.4, -0.2) is 43.8 Å². The summed E-state index contributed by atoms with van der Waals surface area (Å²) in [6.45, 7) is 4.78.